The number of urea groups is 1. The number of nitrogens with zero attached hydrogens (tertiary/aromatic N) is 3. The average Bonchev–Trinajstić information content (AvgIpc) is 3.03. The normalized spacial score (nSPS) is 19.6. The van der Waals surface area contributed by atoms with Crippen molar-refractivity contribution in [3.63, 3.8) is 0 Å². The van der Waals surface area contributed by atoms with Crippen LogP contribution in [0, 0.1) is 13.8 Å². The van der Waals surface area contributed by atoms with Crippen molar-refractivity contribution >= 4 is 22.0 Å². The topological polar surface area (TPSA) is 90.0 Å². The van der Waals surface area contributed by atoms with Gasteiger partial charge in [0.25, 0.3) is 0 Å². The summed E-state index contributed by atoms with van der Waals surface area (Å²) in [5.41, 5.74) is 1.63. The summed E-state index contributed by atoms with van der Waals surface area (Å²) in [6, 6.07) is 5.06. The van der Waals surface area contributed by atoms with Crippen LogP contribution in [-0.2, 0) is 14.8 Å². The molecule has 142 valence electrons. The highest BCUT2D eigenvalue weighted by Gasteiger charge is 2.32. The SMILES string of the molecule is Cc1ccc(C)c(S(=O)(=O)N2CCN(CC(=O)N3CCNC3=O)CC2)c1. The number of nitrogens with one attached hydrogen (secondary N) is 1. The second-order valence-electron chi connectivity index (χ2n) is 6.73. The van der Waals surface area contributed by atoms with E-state index in [9.17, 15) is 18.0 Å². The lowest BCUT2D eigenvalue weighted by Gasteiger charge is -2.34. The van der Waals surface area contributed by atoms with E-state index in [1.807, 2.05) is 24.0 Å². The lowest BCUT2D eigenvalue weighted by molar-refractivity contribution is -0.129. The van der Waals surface area contributed by atoms with Crippen LogP contribution in [0.5, 0.6) is 0 Å². The van der Waals surface area contributed by atoms with Crippen LogP contribution in [0.15, 0.2) is 23.1 Å². The van der Waals surface area contributed by atoms with Crippen LogP contribution >= 0.6 is 0 Å². The van der Waals surface area contributed by atoms with Crippen molar-refractivity contribution < 1.29 is 18.0 Å². The summed E-state index contributed by atoms with van der Waals surface area (Å²) in [6.45, 7) is 6.25. The molecule has 2 aliphatic rings. The number of hydrogen-bond donors (Lipinski definition) is 1. The summed E-state index contributed by atoms with van der Waals surface area (Å²) in [5, 5.41) is 2.60. The van der Waals surface area contributed by atoms with E-state index in [-0.39, 0.29) is 18.5 Å². The number of sulfonamides is 1. The van der Waals surface area contributed by atoms with Crippen LogP contribution in [0.2, 0.25) is 0 Å². The maximum atomic E-state index is 12.9. The molecule has 2 heterocycles. The molecule has 3 rings (SSSR count). The molecule has 0 atom stereocenters. The second kappa shape index (κ2) is 7.34. The Hall–Kier alpha value is -1.97. The van der Waals surface area contributed by atoms with Crippen LogP contribution in [0.4, 0.5) is 4.79 Å². The Morgan fingerprint density at radius 2 is 1.81 bits per heavy atom. The third-order valence-corrected chi connectivity index (χ3v) is 6.85. The van der Waals surface area contributed by atoms with Crippen molar-refractivity contribution in [1.29, 1.82) is 0 Å². The molecule has 3 amide bonds. The second-order valence-corrected chi connectivity index (χ2v) is 8.63. The molecular weight excluding hydrogens is 356 g/mol. The summed E-state index contributed by atoms with van der Waals surface area (Å²) in [5.74, 6) is -0.245. The van der Waals surface area contributed by atoms with E-state index in [4.69, 9.17) is 0 Å². The number of benzene rings is 1. The molecule has 0 aliphatic carbocycles. The average molecular weight is 380 g/mol. The number of piperazine rings is 1. The third-order valence-electron chi connectivity index (χ3n) is 4.81. The Kier molecular flexibility index (Phi) is 5.31. The fourth-order valence-corrected chi connectivity index (χ4v) is 4.97. The first-order chi connectivity index (χ1) is 12.3. The highest BCUT2D eigenvalue weighted by molar-refractivity contribution is 7.89. The van der Waals surface area contributed by atoms with Crippen molar-refractivity contribution in [2.24, 2.45) is 0 Å². The lowest BCUT2D eigenvalue weighted by atomic mass is 10.2. The highest BCUT2D eigenvalue weighted by atomic mass is 32.2. The molecule has 1 N–H and O–H groups in total. The minimum atomic E-state index is -3.54. The van der Waals surface area contributed by atoms with Crippen molar-refractivity contribution in [2.45, 2.75) is 18.7 Å². The summed E-state index contributed by atoms with van der Waals surface area (Å²) in [4.78, 5) is 27.2. The number of rotatable bonds is 4. The van der Waals surface area contributed by atoms with Crippen LogP contribution < -0.4 is 5.32 Å². The molecule has 8 nitrogen and oxygen atoms in total. The van der Waals surface area contributed by atoms with E-state index in [1.165, 1.54) is 9.21 Å². The van der Waals surface area contributed by atoms with Crippen molar-refractivity contribution in [3.8, 4) is 0 Å². The van der Waals surface area contributed by atoms with Gasteiger partial charge in [-0.3, -0.25) is 14.6 Å². The van der Waals surface area contributed by atoms with Gasteiger partial charge in [0.05, 0.1) is 11.4 Å². The van der Waals surface area contributed by atoms with Crippen molar-refractivity contribution in [3.05, 3.63) is 29.3 Å². The van der Waals surface area contributed by atoms with Gasteiger partial charge in [0.2, 0.25) is 15.9 Å². The Morgan fingerprint density at radius 1 is 1.12 bits per heavy atom. The molecule has 26 heavy (non-hydrogen) atoms. The van der Waals surface area contributed by atoms with Gasteiger partial charge in [-0.05, 0) is 31.0 Å². The molecule has 0 spiro atoms. The van der Waals surface area contributed by atoms with Gasteiger partial charge in [0, 0.05) is 39.3 Å². The van der Waals surface area contributed by atoms with Gasteiger partial charge in [-0.15, -0.1) is 0 Å². The molecule has 2 fully saturated rings. The minimum Gasteiger partial charge on any atom is -0.336 e. The molecule has 0 radical (unpaired) electrons. The first kappa shape index (κ1) is 18.8. The van der Waals surface area contributed by atoms with Gasteiger partial charge in [-0.2, -0.15) is 4.31 Å². The van der Waals surface area contributed by atoms with Crippen molar-refractivity contribution in [1.82, 2.24) is 19.4 Å². The first-order valence-corrected chi connectivity index (χ1v) is 10.1. The number of amides is 3. The van der Waals surface area contributed by atoms with Crippen LogP contribution in [0.1, 0.15) is 11.1 Å². The first-order valence-electron chi connectivity index (χ1n) is 8.67. The Bertz CT molecular complexity index is 816. The monoisotopic (exact) mass is 380 g/mol. The molecule has 0 aromatic heterocycles. The van der Waals surface area contributed by atoms with Crippen molar-refractivity contribution in [2.75, 3.05) is 45.8 Å². The van der Waals surface area contributed by atoms with E-state index in [1.54, 1.807) is 13.0 Å². The van der Waals surface area contributed by atoms with Gasteiger partial charge in [-0.1, -0.05) is 12.1 Å². The maximum absolute atomic E-state index is 12.9. The maximum Gasteiger partial charge on any atom is 0.324 e. The van der Waals surface area contributed by atoms with Gasteiger partial charge >= 0.3 is 6.03 Å². The predicted octanol–water partition coefficient (Wildman–Crippen LogP) is 0.162. The largest absolute Gasteiger partial charge is 0.336 e. The molecule has 0 unspecified atom stereocenters. The fourth-order valence-electron chi connectivity index (χ4n) is 3.24. The Labute approximate surface area is 153 Å². The number of carbonyl (C=O) groups excluding carboxylic acids is 2. The lowest BCUT2D eigenvalue weighted by Crippen LogP contribution is -2.51. The Balaban J connectivity index is 1.62. The summed E-state index contributed by atoms with van der Waals surface area (Å²) >= 11 is 0. The summed E-state index contributed by atoms with van der Waals surface area (Å²) < 4.78 is 27.3. The molecule has 9 heteroatoms. The number of aryl methyl sites for hydroxylation is 2. The smallest absolute Gasteiger partial charge is 0.324 e. The van der Waals surface area contributed by atoms with E-state index < -0.39 is 10.0 Å². The molecule has 0 bridgehead atoms. The molecule has 2 saturated heterocycles. The molecule has 1 aromatic rings. The van der Waals surface area contributed by atoms with E-state index in [0.29, 0.717) is 44.2 Å². The minimum absolute atomic E-state index is 0.130. The highest BCUT2D eigenvalue weighted by Crippen LogP contribution is 2.22. The van der Waals surface area contributed by atoms with Crippen LogP contribution in [0.3, 0.4) is 0 Å². The number of hydrogen-bond acceptors (Lipinski definition) is 5. The quantitative estimate of drug-likeness (QED) is 0.804. The van der Waals surface area contributed by atoms with Gasteiger partial charge in [0.15, 0.2) is 0 Å². The Morgan fingerprint density at radius 3 is 2.42 bits per heavy atom. The third kappa shape index (κ3) is 3.74. The standard InChI is InChI=1S/C17H24N4O4S/c1-13-3-4-14(2)15(11-13)26(24,25)20-9-7-19(8-10-20)12-16(22)21-6-5-18-17(21)23/h3-4,11H,5-10,12H2,1-2H3,(H,18,23). The van der Waals surface area contributed by atoms with Gasteiger partial charge in [0.1, 0.15) is 0 Å². The zero-order valence-electron chi connectivity index (χ0n) is 15.1. The molecule has 2 aliphatic heterocycles. The zero-order valence-corrected chi connectivity index (χ0v) is 15.9. The van der Waals surface area contributed by atoms with E-state index >= 15 is 0 Å². The number of imide groups is 1. The molecule has 1 aromatic carbocycles. The molecular formula is C17H24N4O4S. The summed E-state index contributed by atoms with van der Waals surface area (Å²) in [6.07, 6.45) is 0. The summed E-state index contributed by atoms with van der Waals surface area (Å²) in [7, 11) is -3.54. The number of carbonyl (C=O) groups is 2. The van der Waals surface area contributed by atoms with Gasteiger partial charge in [-0.25, -0.2) is 13.2 Å². The zero-order chi connectivity index (χ0) is 18.9. The predicted molar refractivity (Wildman–Crippen MR) is 96.2 cm³/mol. The fraction of sp³-hybridized carbons (Fsp3) is 0.529. The van der Waals surface area contributed by atoms with Crippen LogP contribution in [-0.4, -0.2) is 80.3 Å². The van der Waals surface area contributed by atoms with Crippen LogP contribution in [0.25, 0.3) is 0 Å². The van der Waals surface area contributed by atoms with Gasteiger partial charge < -0.3 is 5.32 Å². The van der Waals surface area contributed by atoms with E-state index in [0.717, 1.165) is 11.1 Å². The molecule has 0 saturated carbocycles. The van der Waals surface area contributed by atoms with E-state index in [2.05, 4.69) is 5.32 Å².